The van der Waals surface area contributed by atoms with Crippen LogP contribution in [0.4, 0.5) is 5.95 Å². The van der Waals surface area contributed by atoms with Gasteiger partial charge in [0.25, 0.3) is 0 Å². The van der Waals surface area contributed by atoms with Crippen molar-refractivity contribution in [1.29, 1.82) is 0 Å². The fraction of sp³-hybridized carbons (Fsp3) is 0.0909. The molecule has 4 aromatic rings. The quantitative estimate of drug-likeness (QED) is 0.309. The van der Waals surface area contributed by atoms with Gasteiger partial charge in [-0.2, -0.15) is 5.10 Å². The van der Waals surface area contributed by atoms with Gasteiger partial charge in [0.05, 0.1) is 17.2 Å². The monoisotopic (exact) mass is 424 g/mol. The number of imidazole rings is 1. The Kier molecular flexibility index (Phi) is 5.69. The van der Waals surface area contributed by atoms with Gasteiger partial charge in [-0.25, -0.2) is 10.4 Å². The van der Waals surface area contributed by atoms with Gasteiger partial charge in [0.15, 0.2) is 0 Å². The predicted octanol–water partition coefficient (Wildman–Crippen LogP) is 5.91. The Bertz CT molecular complexity index is 1190. The normalized spacial score (nSPS) is 11.3. The standard InChI is InChI=1S/C22H18Cl2N4O/c1-28-21-8-3-2-7-20(21)26-22(28)27-25-13-15-5-4-6-18(11-15)29-14-16-9-10-17(23)12-19(16)24/h2-13H,14H2,1H3,(H,26,27)/b25-13-. The Morgan fingerprint density at radius 3 is 2.76 bits per heavy atom. The second kappa shape index (κ2) is 8.55. The van der Waals surface area contributed by atoms with Gasteiger partial charge in [0, 0.05) is 22.7 Å². The van der Waals surface area contributed by atoms with Crippen molar-refractivity contribution in [3.05, 3.63) is 87.9 Å². The van der Waals surface area contributed by atoms with Crippen molar-refractivity contribution >= 4 is 46.4 Å². The Labute approximate surface area is 178 Å². The summed E-state index contributed by atoms with van der Waals surface area (Å²) in [5.41, 5.74) is 6.73. The van der Waals surface area contributed by atoms with Crippen LogP contribution in [0.1, 0.15) is 11.1 Å². The van der Waals surface area contributed by atoms with Crippen molar-refractivity contribution in [3.63, 3.8) is 0 Å². The minimum atomic E-state index is 0.356. The third-order valence-electron chi connectivity index (χ3n) is 4.43. The summed E-state index contributed by atoms with van der Waals surface area (Å²) in [5.74, 6) is 1.40. The highest BCUT2D eigenvalue weighted by Crippen LogP contribution is 2.23. The third kappa shape index (κ3) is 4.53. The molecule has 0 saturated heterocycles. The molecule has 0 saturated carbocycles. The maximum Gasteiger partial charge on any atom is 0.224 e. The molecular formula is C22H18Cl2N4O. The smallest absolute Gasteiger partial charge is 0.224 e. The molecule has 146 valence electrons. The molecule has 1 aromatic heterocycles. The van der Waals surface area contributed by atoms with Crippen molar-refractivity contribution in [2.24, 2.45) is 12.1 Å². The Morgan fingerprint density at radius 1 is 1.07 bits per heavy atom. The number of para-hydroxylation sites is 2. The molecule has 5 nitrogen and oxygen atoms in total. The number of benzene rings is 3. The Balaban J connectivity index is 1.42. The average molecular weight is 425 g/mol. The van der Waals surface area contributed by atoms with Crippen LogP contribution in [0.5, 0.6) is 5.75 Å². The van der Waals surface area contributed by atoms with Crippen LogP contribution in [0, 0.1) is 0 Å². The summed E-state index contributed by atoms with van der Waals surface area (Å²) >= 11 is 12.1. The molecule has 0 bridgehead atoms. The van der Waals surface area contributed by atoms with Gasteiger partial charge in [0.2, 0.25) is 5.95 Å². The lowest BCUT2D eigenvalue weighted by Crippen LogP contribution is -1.99. The first-order valence-electron chi connectivity index (χ1n) is 8.97. The number of hydrazone groups is 1. The van der Waals surface area contributed by atoms with Crippen molar-refractivity contribution < 1.29 is 4.74 Å². The van der Waals surface area contributed by atoms with Crippen LogP contribution >= 0.6 is 23.2 Å². The topological polar surface area (TPSA) is 51.4 Å². The summed E-state index contributed by atoms with van der Waals surface area (Å²) in [6, 6.07) is 20.9. The number of fused-ring (bicyclic) bond motifs is 1. The lowest BCUT2D eigenvalue weighted by Gasteiger charge is -2.08. The number of aryl methyl sites for hydroxylation is 1. The maximum atomic E-state index is 6.19. The van der Waals surface area contributed by atoms with Crippen LogP contribution in [0.2, 0.25) is 10.0 Å². The highest BCUT2D eigenvalue weighted by atomic mass is 35.5. The van der Waals surface area contributed by atoms with Crippen LogP contribution in [-0.2, 0) is 13.7 Å². The highest BCUT2D eigenvalue weighted by Gasteiger charge is 2.06. The van der Waals surface area contributed by atoms with Gasteiger partial charge in [-0.3, -0.25) is 0 Å². The van der Waals surface area contributed by atoms with Crippen molar-refractivity contribution in [3.8, 4) is 5.75 Å². The summed E-state index contributed by atoms with van der Waals surface area (Å²) < 4.78 is 7.81. The predicted molar refractivity (Wildman–Crippen MR) is 119 cm³/mol. The summed E-state index contributed by atoms with van der Waals surface area (Å²) in [6.45, 7) is 0.356. The number of rotatable bonds is 6. The second-order valence-electron chi connectivity index (χ2n) is 6.45. The number of hydrogen-bond donors (Lipinski definition) is 1. The van der Waals surface area contributed by atoms with Crippen LogP contribution in [-0.4, -0.2) is 15.8 Å². The van der Waals surface area contributed by atoms with Gasteiger partial charge in [-0.1, -0.05) is 53.5 Å². The van der Waals surface area contributed by atoms with Crippen molar-refractivity contribution in [1.82, 2.24) is 9.55 Å². The van der Waals surface area contributed by atoms with Crippen LogP contribution in [0.3, 0.4) is 0 Å². The van der Waals surface area contributed by atoms with E-state index in [0.717, 1.165) is 27.9 Å². The van der Waals surface area contributed by atoms with Crippen molar-refractivity contribution in [2.75, 3.05) is 5.43 Å². The highest BCUT2D eigenvalue weighted by molar-refractivity contribution is 6.35. The molecule has 7 heteroatoms. The number of nitrogens with one attached hydrogen (secondary N) is 1. The van der Waals surface area contributed by atoms with Gasteiger partial charge in [0.1, 0.15) is 12.4 Å². The molecule has 1 heterocycles. The molecule has 0 aliphatic rings. The number of aromatic nitrogens is 2. The summed E-state index contributed by atoms with van der Waals surface area (Å²) in [6.07, 6.45) is 1.72. The first-order valence-corrected chi connectivity index (χ1v) is 9.73. The zero-order chi connectivity index (χ0) is 20.2. The minimum absolute atomic E-state index is 0.356. The molecule has 0 atom stereocenters. The summed E-state index contributed by atoms with van der Waals surface area (Å²) in [4.78, 5) is 4.53. The lowest BCUT2D eigenvalue weighted by molar-refractivity contribution is 0.306. The molecule has 29 heavy (non-hydrogen) atoms. The SMILES string of the molecule is Cn1c(N/N=C\c2cccc(OCc3ccc(Cl)cc3Cl)c2)nc2ccccc21. The Hall–Kier alpha value is -3.02. The molecule has 0 aliphatic heterocycles. The van der Waals surface area contributed by atoms with E-state index in [9.17, 15) is 0 Å². The van der Waals surface area contributed by atoms with E-state index in [2.05, 4.69) is 15.5 Å². The molecule has 1 N–H and O–H groups in total. The van der Waals surface area contributed by atoms with Gasteiger partial charge >= 0.3 is 0 Å². The minimum Gasteiger partial charge on any atom is -0.489 e. The number of nitrogens with zero attached hydrogens (tertiary/aromatic N) is 3. The molecule has 0 unspecified atom stereocenters. The molecule has 0 radical (unpaired) electrons. The van der Waals surface area contributed by atoms with E-state index in [1.807, 2.05) is 66.2 Å². The van der Waals surface area contributed by atoms with Gasteiger partial charge in [-0.05, 0) is 42.0 Å². The number of halogens is 2. The average Bonchev–Trinajstić information content (AvgIpc) is 3.04. The maximum absolute atomic E-state index is 6.19. The van der Waals surface area contributed by atoms with Gasteiger partial charge in [-0.15, -0.1) is 0 Å². The molecule has 3 aromatic carbocycles. The van der Waals surface area contributed by atoms with Crippen LogP contribution in [0.15, 0.2) is 71.8 Å². The van der Waals surface area contributed by atoms with Crippen LogP contribution < -0.4 is 10.2 Å². The van der Waals surface area contributed by atoms with Crippen molar-refractivity contribution in [2.45, 2.75) is 6.61 Å². The van der Waals surface area contributed by atoms with Gasteiger partial charge < -0.3 is 9.30 Å². The van der Waals surface area contributed by atoms with Crippen LogP contribution in [0.25, 0.3) is 11.0 Å². The third-order valence-corrected chi connectivity index (χ3v) is 5.02. The summed E-state index contributed by atoms with van der Waals surface area (Å²) in [7, 11) is 1.95. The zero-order valence-corrected chi connectivity index (χ0v) is 17.2. The number of ether oxygens (including phenoxy) is 1. The van der Waals surface area contributed by atoms with E-state index in [1.54, 1.807) is 18.3 Å². The number of hydrogen-bond acceptors (Lipinski definition) is 4. The number of anilines is 1. The first-order chi connectivity index (χ1) is 14.1. The zero-order valence-electron chi connectivity index (χ0n) is 15.6. The van der Waals surface area contributed by atoms with E-state index in [4.69, 9.17) is 27.9 Å². The first kappa shape index (κ1) is 19.3. The largest absolute Gasteiger partial charge is 0.489 e. The van der Waals surface area contributed by atoms with E-state index in [-0.39, 0.29) is 0 Å². The van der Waals surface area contributed by atoms with E-state index >= 15 is 0 Å². The second-order valence-corrected chi connectivity index (χ2v) is 7.29. The summed E-state index contributed by atoms with van der Waals surface area (Å²) in [5, 5.41) is 5.49. The van der Waals surface area contributed by atoms with E-state index in [1.165, 1.54) is 0 Å². The molecular weight excluding hydrogens is 407 g/mol. The fourth-order valence-electron chi connectivity index (χ4n) is 2.89. The molecule has 0 aliphatic carbocycles. The van der Waals surface area contributed by atoms with E-state index < -0.39 is 0 Å². The fourth-order valence-corrected chi connectivity index (χ4v) is 3.36. The Morgan fingerprint density at radius 2 is 1.93 bits per heavy atom. The van der Waals surface area contributed by atoms with E-state index in [0.29, 0.717) is 22.6 Å². The molecule has 0 fully saturated rings. The molecule has 0 amide bonds. The lowest BCUT2D eigenvalue weighted by atomic mass is 10.2. The molecule has 0 spiro atoms. The molecule has 4 rings (SSSR count).